The van der Waals surface area contributed by atoms with Crippen molar-refractivity contribution in [2.24, 2.45) is 0 Å². The molecule has 4 rings (SSSR count). The van der Waals surface area contributed by atoms with Gasteiger partial charge in [0.1, 0.15) is 65.8 Å². The Balaban J connectivity index is 0.00000204. The molecule has 9 nitrogen and oxygen atoms in total. The molecule has 0 fully saturated rings. The molecule has 0 aliphatic carbocycles. The van der Waals surface area contributed by atoms with Crippen molar-refractivity contribution in [2.75, 3.05) is 13.2 Å². The maximum absolute atomic E-state index is 11.0. The molecule has 2 heterocycles. The molecule has 0 atom stereocenters. The molecule has 0 aromatic heterocycles. The van der Waals surface area contributed by atoms with Gasteiger partial charge < -0.3 is 43.9 Å². The van der Waals surface area contributed by atoms with E-state index in [4.69, 9.17) is 18.9 Å². The number of aliphatic hydroxyl groups is 1. The van der Waals surface area contributed by atoms with Crippen LogP contribution in [0.4, 0.5) is 0 Å². The normalized spacial score (nSPS) is 13.4. The molecule has 0 amide bonds. The average molecular weight is 484 g/mol. The summed E-state index contributed by atoms with van der Waals surface area (Å²) in [6.45, 7) is -0.151. The van der Waals surface area contributed by atoms with E-state index >= 15 is 0 Å². The molecule has 0 radical (unpaired) electrons. The molecule has 0 unspecified atom stereocenters. The smallest absolute Gasteiger partial charge is 0.542 e. The number of allylic oxidation sites excluding steroid dienone is 2. The van der Waals surface area contributed by atoms with E-state index in [-0.39, 0.29) is 83.8 Å². The van der Waals surface area contributed by atoms with E-state index in [9.17, 15) is 24.9 Å². The second-order valence-electron chi connectivity index (χ2n) is 7.07. The van der Waals surface area contributed by atoms with Crippen molar-refractivity contribution in [1.82, 2.24) is 0 Å². The van der Waals surface area contributed by atoms with Gasteiger partial charge in [-0.2, -0.15) is 0 Å². The van der Waals surface area contributed by atoms with Crippen LogP contribution in [0.3, 0.4) is 0 Å². The van der Waals surface area contributed by atoms with Crippen LogP contribution in [-0.2, 0) is 22.4 Å². The molecule has 2 aliphatic heterocycles. The van der Waals surface area contributed by atoms with Gasteiger partial charge in [0.15, 0.2) is 0 Å². The quantitative estimate of drug-likeness (QED) is 0.363. The number of benzene rings is 2. The molecule has 0 saturated carbocycles. The number of carboxylic acid groups (broad SMARTS) is 2. The Bertz CT molecular complexity index is 1040. The van der Waals surface area contributed by atoms with Gasteiger partial charge in [0.2, 0.25) is 0 Å². The van der Waals surface area contributed by atoms with E-state index < -0.39 is 18.0 Å². The van der Waals surface area contributed by atoms with Crippen LogP contribution in [0.1, 0.15) is 11.1 Å². The molecular weight excluding hydrogens is 466 g/mol. The van der Waals surface area contributed by atoms with Gasteiger partial charge in [-0.05, 0) is 36.4 Å². The van der Waals surface area contributed by atoms with Crippen molar-refractivity contribution >= 4 is 11.9 Å². The Hall–Kier alpha value is -1.98. The van der Waals surface area contributed by atoms with Gasteiger partial charge in [-0.1, -0.05) is 12.1 Å². The number of ether oxygens (including phenoxy) is 4. The van der Waals surface area contributed by atoms with E-state index in [1.54, 1.807) is 36.4 Å². The zero-order valence-corrected chi connectivity index (χ0v) is 22.7. The van der Waals surface area contributed by atoms with E-state index in [1.807, 2.05) is 0 Å². The van der Waals surface area contributed by atoms with Crippen LogP contribution >= 0.6 is 0 Å². The molecule has 11 heteroatoms. The molecule has 166 valence electrons. The topological polar surface area (TPSA) is 137 Å². The summed E-state index contributed by atoms with van der Waals surface area (Å²) in [6.07, 6.45) is 2.40. The Morgan fingerprint density at radius 2 is 1.24 bits per heavy atom. The van der Waals surface area contributed by atoms with Gasteiger partial charge in [-0.25, -0.2) is 0 Å². The van der Waals surface area contributed by atoms with Crippen LogP contribution in [-0.4, -0.2) is 36.4 Å². The summed E-state index contributed by atoms with van der Waals surface area (Å²) in [5.74, 6) is -1.66. The minimum Gasteiger partial charge on any atom is -0.542 e. The number of carbonyl (C=O) groups is 2. The minimum absolute atomic E-state index is 0. The number of rotatable bonds is 8. The van der Waals surface area contributed by atoms with Crippen LogP contribution < -0.4 is 88.3 Å². The average Bonchev–Trinajstić information content (AvgIpc) is 2.80. The monoisotopic (exact) mass is 484 g/mol. The molecule has 0 spiro atoms. The Morgan fingerprint density at radius 3 is 1.62 bits per heavy atom. The minimum atomic E-state index is -1.39. The van der Waals surface area contributed by atoms with E-state index in [0.717, 1.165) is 0 Å². The van der Waals surface area contributed by atoms with Crippen LogP contribution in [0.5, 0.6) is 23.0 Å². The van der Waals surface area contributed by atoms with Gasteiger partial charge in [0.05, 0.1) is 0 Å². The molecule has 1 N–H and O–H groups in total. The second-order valence-corrected chi connectivity index (χ2v) is 7.07. The maximum atomic E-state index is 11.0. The first-order chi connectivity index (χ1) is 15.4. The summed E-state index contributed by atoms with van der Waals surface area (Å²) < 4.78 is 22.0. The maximum Gasteiger partial charge on any atom is 1.00 e. The van der Waals surface area contributed by atoms with Gasteiger partial charge in [0.25, 0.3) is 0 Å². The summed E-state index contributed by atoms with van der Waals surface area (Å²) in [5.41, 5.74) is 1.32. The Labute approximate surface area is 239 Å². The Kier molecular flexibility index (Phi) is 10.5. The fraction of sp³-hybridized carbons (Fsp3) is 0.217. The largest absolute Gasteiger partial charge is 1.00 e. The van der Waals surface area contributed by atoms with Gasteiger partial charge in [0, 0.05) is 24.0 Å². The number of hydrogen-bond acceptors (Lipinski definition) is 9. The van der Waals surface area contributed by atoms with E-state index in [2.05, 4.69) is 0 Å². The number of aliphatic carboxylic acids is 2. The van der Waals surface area contributed by atoms with Gasteiger partial charge in [-0.15, -0.1) is 0 Å². The van der Waals surface area contributed by atoms with Crippen molar-refractivity contribution in [3.8, 4) is 23.0 Å². The van der Waals surface area contributed by atoms with Crippen molar-refractivity contribution in [3.05, 3.63) is 71.2 Å². The number of fused-ring (bicyclic) bond motifs is 2. The van der Waals surface area contributed by atoms with Gasteiger partial charge >= 0.3 is 59.1 Å². The van der Waals surface area contributed by atoms with Crippen molar-refractivity contribution in [2.45, 2.75) is 18.9 Å². The van der Waals surface area contributed by atoms with Crippen molar-refractivity contribution in [3.63, 3.8) is 0 Å². The van der Waals surface area contributed by atoms with E-state index in [0.29, 0.717) is 47.0 Å². The number of aliphatic hydroxyl groups excluding tert-OH is 1. The third kappa shape index (κ3) is 6.57. The third-order valence-corrected chi connectivity index (χ3v) is 4.87. The number of hydrogen-bond donors (Lipinski definition) is 1. The third-order valence-electron chi connectivity index (χ3n) is 4.87. The zero-order chi connectivity index (χ0) is 22.7. The molecule has 0 bridgehead atoms. The fourth-order valence-corrected chi connectivity index (χ4v) is 3.33. The van der Waals surface area contributed by atoms with Crippen molar-refractivity contribution < 1.29 is 103 Å². The first-order valence-electron chi connectivity index (χ1n) is 9.78. The summed E-state index contributed by atoms with van der Waals surface area (Å²) >= 11 is 0. The SMILES string of the molecule is O=C([O-])C1=CCc2c(OCC(O)COc3cccc4c3CC=C(C(=O)[O-])O4)cccc2O1.[Na+].[Na+]. The van der Waals surface area contributed by atoms with Crippen LogP contribution in [0.15, 0.2) is 60.1 Å². The van der Waals surface area contributed by atoms with Crippen LogP contribution in [0.2, 0.25) is 0 Å². The van der Waals surface area contributed by atoms with Gasteiger partial charge in [-0.3, -0.25) is 0 Å². The molecule has 2 aromatic carbocycles. The summed E-state index contributed by atoms with van der Waals surface area (Å²) in [4.78, 5) is 21.9. The summed E-state index contributed by atoms with van der Waals surface area (Å²) in [6, 6.07) is 9.94. The molecular formula is C23H18Na2O9. The van der Waals surface area contributed by atoms with Crippen molar-refractivity contribution in [1.29, 1.82) is 0 Å². The summed E-state index contributed by atoms with van der Waals surface area (Å²) in [5, 5.41) is 32.2. The number of carbonyl (C=O) groups excluding carboxylic acids is 2. The van der Waals surface area contributed by atoms with E-state index in [1.165, 1.54) is 12.2 Å². The predicted molar refractivity (Wildman–Crippen MR) is 105 cm³/mol. The standard InChI is InChI=1S/C23H20O9.2Na/c24-13(11-29-16-3-1-5-18-14(16)7-9-20(31-18)22(25)26)12-30-17-4-2-6-19-15(17)8-10-21(32-19)23(27)28;;/h1-6,9-10,13,24H,7-8,11-12H2,(H,25,26)(H,27,28);;/q;2*+1/p-2. The Morgan fingerprint density at radius 1 is 0.824 bits per heavy atom. The van der Waals surface area contributed by atoms with Crippen LogP contribution in [0, 0.1) is 0 Å². The summed E-state index contributed by atoms with van der Waals surface area (Å²) in [7, 11) is 0. The molecule has 2 aliphatic rings. The zero-order valence-electron chi connectivity index (χ0n) is 18.7. The first kappa shape index (κ1) is 28.3. The predicted octanol–water partition coefficient (Wildman–Crippen LogP) is -6.35. The molecule has 0 saturated heterocycles. The van der Waals surface area contributed by atoms with Crippen LogP contribution in [0.25, 0.3) is 0 Å². The second kappa shape index (κ2) is 12.6. The molecule has 2 aromatic rings. The molecule has 34 heavy (non-hydrogen) atoms. The number of carboxylic acids is 2. The fourth-order valence-electron chi connectivity index (χ4n) is 3.33. The first-order valence-corrected chi connectivity index (χ1v) is 9.78.